The van der Waals surface area contributed by atoms with E-state index in [0.717, 1.165) is 22.0 Å². The minimum Gasteiger partial charge on any atom is -0.508 e. The lowest BCUT2D eigenvalue weighted by Gasteiger charge is -2.17. The fourth-order valence-electron chi connectivity index (χ4n) is 3.12. The molecule has 0 radical (unpaired) electrons. The van der Waals surface area contributed by atoms with Crippen molar-refractivity contribution in [3.8, 4) is 17.1 Å². The molecular weight excluding hydrogens is 466 g/mol. The van der Waals surface area contributed by atoms with Crippen LogP contribution in [0.5, 0.6) is 5.75 Å². The summed E-state index contributed by atoms with van der Waals surface area (Å²) in [5.41, 5.74) is 2.76. The molecule has 9 nitrogen and oxygen atoms in total. The van der Waals surface area contributed by atoms with Crippen LogP contribution in [0.2, 0.25) is 0 Å². The van der Waals surface area contributed by atoms with E-state index in [9.17, 15) is 9.90 Å². The van der Waals surface area contributed by atoms with Gasteiger partial charge in [-0.15, -0.1) is 10.2 Å². The maximum absolute atomic E-state index is 12.0. The van der Waals surface area contributed by atoms with Crippen molar-refractivity contribution in [3.05, 3.63) is 89.8 Å². The normalized spacial score (nSPS) is 11.6. The molecule has 0 spiro atoms. The number of hydrogen-bond donors (Lipinski definition) is 2. The largest absolute Gasteiger partial charge is 0.508 e. The molecule has 10 heteroatoms. The summed E-state index contributed by atoms with van der Waals surface area (Å²) in [7, 11) is -4.94. The molecule has 2 N–H and O–H groups in total. The molecule has 1 heterocycles. The van der Waals surface area contributed by atoms with Gasteiger partial charge in [0.25, 0.3) is 0 Å². The third-order valence-corrected chi connectivity index (χ3v) is 4.46. The summed E-state index contributed by atoms with van der Waals surface area (Å²) in [6.07, 6.45) is 0. The van der Waals surface area contributed by atoms with Crippen LogP contribution < -0.4 is 29.0 Å². The maximum atomic E-state index is 12.0. The van der Waals surface area contributed by atoms with Crippen LogP contribution >= 0.6 is 0 Å². The molecule has 0 aliphatic rings. The number of hydrogen-bond acceptors (Lipinski definition) is 8. The number of phenolic OH excluding ortho intramolecular Hbond substituents is 1. The molecule has 0 aliphatic carbocycles. The third-order valence-electron chi connectivity index (χ3n) is 4.46. The highest BCUT2D eigenvalue weighted by molar-refractivity contribution is 5.90. The summed E-state index contributed by atoms with van der Waals surface area (Å²) in [5, 5.41) is 11.4. The fraction of sp³-hybridized carbons (Fsp3) is 0.0833. The zero-order valence-corrected chi connectivity index (χ0v) is 18.7. The van der Waals surface area contributed by atoms with E-state index in [2.05, 4.69) is 4.99 Å². The van der Waals surface area contributed by atoms with Crippen LogP contribution in [-0.4, -0.2) is 17.7 Å². The van der Waals surface area contributed by atoms with Gasteiger partial charge in [-0.05, 0) is 31.2 Å². The molecule has 0 unspecified atom stereocenters. The number of nitrogens with one attached hydrogen (secondary N) is 1. The number of carbonyl (C=O) groups is 1. The van der Waals surface area contributed by atoms with Gasteiger partial charge in [-0.3, -0.25) is 0 Å². The predicted molar refractivity (Wildman–Crippen MR) is 109 cm³/mol. The number of rotatable bonds is 4. The van der Waals surface area contributed by atoms with E-state index in [0.29, 0.717) is 23.5 Å². The molecular formula is C24H20ClNO8. The highest BCUT2D eigenvalue weighted by atomic mass is 35.7. The number of esters is 1. The lowest BCUT2D eigenvalue weighted by Crippen LogP contribution is -2.70. The highest BCUT2D eigenvalue weighted by Gasteiger charge is 2.12. The Bertz CT molecular complexity index is 1340. The van der Waals surface area contributed by atoms with Crippen LogP contribution in [0.1, 0.15) is 17.3 Å². The average molecular weight is 486 g/mol. The first-order valence-electron chi connectivity index (χ1n) is 9.95. The van der Waals surface area contributed by atoms with E-state index in [1.165, 1.54) is 0 Å². The van der Waals surface area contributed by atoms with Gasteiger partial charge < -0.3 is 14.3 Å². The van der Waals surface area contributed by atoms with Crippen molar-refractivity contribution in [2.24, 2.45) is 0 Å². The highest BCUT2D eigenvalue weighted by Crippen LogP contribution is 2.23. The molecule has 0 saturated heterocycles. The number of halogens is 1. The van der Waals surface area contributed by atoms with E-state index in [1.54, 1.807) is 43.3 Å². The van der Waals surface area contributed by atoms with Crippen LogP contribution in [-0.2, 0) is 4.74 Å². The average Bonchev–Trinajstić information content (AvgIpc) is 2.79. The minimum absolute atomic E-state index is 0.142. The van der Waals surface area contributed by atoms with Gasteiger partial charge >= 0.3 is 5.97 Å². The Kier molecular flexibility index (Phi) is 8.00. The summed E-state index contributed by atoms with van der Waals surface area (Å²) in [5.74, 6) is 0.461. The molecule has 0 aliphatic heterocycles. The number of ether oxygens (including phenoxy) is 1. The van der Waals surface area contributed by atoms with Crippen LogP contribution in [0.25, 0.3) is 22.3 Å². The van der Waals surface area contributed by atoms with Gasteiger partial charge in [0.15, 0.2) is 0 Å². The minimum atomic E-state index is -4.94. The van der Waals surface area contributed by atoms with Crippen molar-refractivity contribution < 1.29 is 52.9 Å². The van der Waals surface area contributed by atoms with Crippen molar-refractivity contribution in [1.29, 1.82) is 0 Å². The fourth-order valence-corrected chi connectivity index (χ4v) is 3.12. The van der Waals surface area contributed by atoms with Gasteiger partial charge in [-0.2, -0.15) is 0 Å². The van der Waals surface area contributed by atoms with Crippen molar-refractivity contribution in [1.82, 2.24) is 0 Å². The second-order valence-electron chi connectivity index (χ2n) is 6.88. The van der Waals surface area contributed by atoms with E-state index < -0.39 is 10.2 Å². The van der Waals surface area contributed by atoms with Gasteiger partial charge in [0, 0.05) is 17.7 Å². The van der Waals surface area contributed by atoms with Gasteiger partial charge in [0.2, 0.25) is 11.0 Å². The Morgan fingerprint density at radius 3 is 2.35 bits per heavy atom. The van der Waals surface area contributed by atoms with Gasteiger partial charge in [0.1, 0.15) is 17.1 Å². The molecule has 1 aromatic heterocycles. The van der Waals surface area contributed by atoms with Crippen LogP contribution in [0.4, 0.5) is 5.69 Å². The van der Waals surface area contributed by atoms with E-state index in [-0.39, 0.29) is 11.7 Å². The summed E-state index contributed by atoms with van der Waals surface area (Å²) >= 11 is 0. The molecule has 0 fully saturated rings. The van der Waals surface area contributed by atoms with E-state index in [4.69, 9.17) is 27.8 Å². The monoisotopic (exact) mass is 485 g/mol. The van der Waals surface area contributed by atoms with Crippen molar-refractivity contribution >= 4 is 22.6 Å². The smallest absolute Gasteiger partial charge is 0.338 e. The van der Waals surface area contributed by atoms with Crippen molar-refractivity contribution in [2.75, 3.05) is 6.61 Å². The van der Waals surface area contributed by atoms with E-state index >= 15 is 0 Å². The lowest BCUT2D eigenvalue weighted by atomic mass is 10.1. The zero-order chi connectivity index (χ0) is 24.7. The number of benzene rings is 3. The second-order valence-corrected chi connectivity index (χ2v) is 7.63. The number of phenols is 1. The SMILES string of the molecule is CCOC(=O)c1cccc([NH+]=c2cc(-c3ccccc3)oc3ccc(O)cc23)c1.[O-][Cl+3]([O-])([O-])[O-]. The first-order valence-corrected chi connectivity index (χ1v) is 11.2. The van der Waals surface area contributed by atoms with Crippen molar-refractivity contribution in [3.63, 3.8) is 0 Å². The molecule has 0 saturated carbocycles. The van der Waals surface area contributed by atoms with Gasteiger partial charge in [-0.25, -0.2) is 28.4 Å². The zero-order valence-electron chi connectivity index (χ0n) is 17.9. The van der Waals surface area contributed by atoms with Gasteiger partial charge in [-0.1, -0.05) is 36.4 Å². The molecule has 4 aromatic rings. The standard InChI is InChI=1S/C24H19NO4.ClHO4/c1-2-28-24(27)17-9-6-10-18(13-17)25-21-15-23(16-7-4-3-5-8-16)29-22-12-11-19(26)14-20(21)22;2-1(3,4)5/h3-15,26H,2H2,1H3;(H,2,3,4,5). The summed E-state index contributed by atoms with van der Waals surface area (Å²) < 4.78 is 45.1. The quantitative estimate of drug-likeness (QED) is 0.331. The number of carbonyl (C=O) groups excluding carboxylic acids is 1. The maximum Gasteiger partial charge on any atom is 0.338 e. The number of fused-ring (bicyclic) bond motifs is 1. The van der Waals surface area contributed by atoms with E-state index in [1.807, 2.05) is 42.5 Å². The number of aromatic hydroxyl groups is 1. The summed E-state index contributed by atoms with van der Waals surface area (Å²) in [6.45, 7) is 2.10. The van der Waals surface area contributed by atoms with Crippen LogP contribution in [0, 0.1) is 10.2 Å². The Morgan fingerprint density at radius 1 is 0.971 bits per heavy atom. The Hall–Kier alpha value is -3.73. The molecule has 3 aromatic carbocycles. The summed E-state index contributed by atoms with van der Waals surface area (Å²) in [4.78, 5) is 15.4. The molecule has 0 bridgehead atoms. The predicted octanol–water partition coefficient (Wildman–Crippen LogP) is -1.46. The molecule has 176 valence electrons. The topological polar surface area (TPSA) is 166 Å². The Morgan fingerprint density at radius 2 is 1.68 bits per heavy atom. The Balaban J connectivity index is 0.000000588. The van der Waals surface area contributed by atoms with Crippen LogP contribution in [0.15, 0.2) is 83.3 Å². The molecule has 34 heavy (non-hydrogen) atoms. The molecule has 0 atom stereocenters. The first-order chi connectivity index (χ1) is 16.1. The third kappa shape index (κ3) is 7.14. The van der Waals surface area contributed by atoms with Gasteiger partial charge in [0.05, 0.1) is 23.6 Å². The van der Waals surface area contributed by atoms with Crippen LogP contribution in [0.3, 0.4) is 0 Å². The Labute approximate surface area is 196 Å². The lowest BCUT2D eigenvalue weighted by molar-refractivity contribution is -2.00. The molecule has 4 rings (SSSR count). The summed E-state index contributed by atoms with van der Waals surface area (Å²) in [6, 6.07) is 23.7. The second kappa shape index (κ2) is 10.9. The van der Waals surface area contributed by atoms with Crippen molar-refractivity contribution in [2.45, 2.75) is 6.92 Å². The molecule has 0 amide bonds. The first kappa shape index (κ1) is 24.9.